The average molecular weight is 362 g/mol. The molecule has 122 valence electrons. The topological polar surface area (TPSA) is 142 Å². The summed E-state index contributed by atoms with van der Waals surface area (Å²) in [5.41, 5.74) is 5.36. The van der Waals surface area contributed by atoms with E-state index < -0.39 is 36.5 Å². The standard InChI is InChI=1S/C10H15N3O5S.2ClH/c11-5(10(17)18)1-2-7-13-6(4-19-7)9(16)12-3-8(14)15;;/h5-6H,1-4,11H2,(H,12,16)(H,14,15)(H,17,18);2*1H/t5-,6-;;/m0../s1. The van der Waals surface area contributed by atoms with Gasteiger partial charge in [0.05, 0.1) is 5.04 Å². The molecule has 1 heterocycles. The SMILES string of the molecule is Cl.Cl.N[C@@H](CCC1=N[C@H](C(=O)NCC(=O)O)CS1)C(=O)O. The van der Waals surface area contributed by atoms with Gasteiger partial charge in [0.1, 0.15) is 18.6 Å². The average Bonchev–Trinajstić information content (AvgIpc) is 2.81. The molecule has 0 aliphatic carbocycles. The van der Waals surface area contributed by atoms with Crippen molar-refractivity contribution in [1.82, 2.24) is 5.32 Å². The van der Waals surface area contributed by atoms with Crippen LogP contribution in [0.3, 0.4) is 0 Å². The van der Waals surface area contributed by atoms with E-state index in [1.165, 1.54) is 11.8 Å². The van der Waals surface area contributed by atoms with Gasteiger partial charge in [-0.1, -0.05) is 0 Å². The minimum atomic E-state index is -1.12. The van der Waals surface area contributed by atoms with Crippen LogP contribution in [0.4, 0.5) is 0 Å². The second-order valence-corrected chi connectivity index (χ2v) is 5.04. The summed E-state index contributed by atoms with van der Waals surface area (Å²) in [4.78, 5) is 36.5. The van der Waals surface area contributed by atoms with Gasteiger partial charge in [0.25, 0.3) is 0 Å². The molecule has 2 atom stereocenters. The van der Waals surface area contributed by atoms with Crippen LogP contribution < -0.4 is 11.1 Å². The molecule has 0 unspecified atom stereocenters. The maximum atomic E-state index is 11.5. The number of carbonyl (C=O) groups is 3. The molecular formula is C10H17Cl2N3O5S. The number of rotatable bonds is 7. The zero-order valence-corrected chi connectivity index (χ0v) is 13.3. The molecule has 1 aliphatic heterocycles. The second-order valence-electron chi connectivity index (χ2n) is 3.94. The Labute approximate surface area is 137 Å². The van der Waals surface area contributed by atoms with Gasteiger partial charge in [0.15, 0.2) is 0 Å². The van der Waals surface area contributed by atoms with Crippen LogP contribution in [-0.2, 0) is 14.4 Å². The number of nitrogens with zero attached hydrogens (tertiary/aromatic N) is 1. The number of thioether (sulfide) groups is 1. The van der Waals surface area contributed by atoms with Gasteiger partial charge >= 0.3 is 11.9 Å². The lowest BCUT2D eigenvalue weighted by Gasteiger charge is -2.05. The van der Waals surface area contributed by atoms with Crippen LogP contribution in [0.15, 0.2) is 4.99 Å². The van der Waals surface area contributed by atoms with Crippen LogP contribution in [0.2, 0.25) is 0 Å². The number of hydrogen-bond acceptors (Lipinski definition) is 6. The van der Waals surface area contributed by atoms with Crippen molar-refractivity contribution in [2.24, 2.45) is 10.7 Å². The molecule has 0 aromatic heterocycles. The first-order valence-corrected chi connectivity index (χ1v) is 6.56. The van der Waals surface area contributed by atoms with Crippen molar-refractivity contribution in [3.05, 3.63) is 0 Å². The normalized spacial score (nSPS) is 17.8. The predicted molar refractivity (Wildman–Crippen MR) is 83.7 cm³/mol. The van der Waals surface area contributed by atoms with E-state index in [4.69, 9.17) is 15.9 Å². The highest BCUT2D eigenvalue weighted by Crippen LogP contribution is 2.21. The molecule has 0 aromatic rings. The third kappa shape index (κ3) is 8.10. The third-order valence-electron chi connectivity index (χ3n) is 2.41. The lowest BCUT2D eigenvalue weighted by atomic mass is 10.2. The smallest absolute Gasteiger partial charge is 0.322 e. The van der Waals surface area contributed by atoms with E-state index >= 15 is 0 Å². The first kappa shape index (κ1) is 22.3. The summed E-state index contributed by atoms with van der Waals surface area (Å²) >= 11 is 1.36. The van der Waals surface area contributed by atoms with Crippen molar-refractivity contribution in [3.63, 3.8) is 0 Å². The first-order chi connectivity index (χ1) is 8.90. The Morgan fingerprint density at radius 3 is 2.52 bits per heavy atom. The fourth-order valence-corrected chi connectivity index (χ4v) is 2.42. The Morgan fingerprint density at radius 1 is 1.38 bits per heavy atom. The number of amides is 1. The molecule has 0 spiro atoms. The zero-order valence-electron chi connectivity index (χ0n) is 10.9. The number of nitrogens with two attached hydrogens (primary N) is 1. The van der Waals surface area contributed by atoms with Gasteiger partial charge in [-0.25, -0.2) is 0 Å². The van der Waals surface area contributed by atoms with Crippen molar-refractivity contribution in [2.75, 3.05) is 12.3 Å². The van der Waals surface area contributed by atoms with Crippen molar-refractivity contribution in [2.45, 2.75) is 24.9 Å². The van der Waals surface area contributed by atoms with E-state index in [-0.39, 0.29) is 31.2 Å². The number of nitrogens with one attached hydrogen (secondary N) is 1. The van der Waals surface area contributed by atoms with E-state index in [0.717, 1.165) is 0 Å². The predicted octanol–water partition coefficient (Wildman–Crippen LogP) is -0.263. The lowest BCUT2D eigenvalue weighted by molar-refractivity contribution is -0.139. The second kappa shape index (κ2) is 10.7. The van der Waals surface area contributed by atoms with Crippen LogP contribution in [0.25, 0.3) is 0 Å². The monoisotopic (exact) mass is 361 g/mol. The molecular weight excluding hydrogens is 345 g/mol. The maximum Gasteiger partial charge on any atom is 0.322 e. The highest BCUT2D eigenvalue weighted by molar-refractivity contribution is 8.14. The number of carboxylic acid groups (broad SMARTS) is 2. The Bertz CT molecular complexity index is 421. The van der Waals surface area contributed by atoms with Gasteiger partial charge < -0.3 is 21.3 Å². The van der Waals surface area contributed by atoms with E-state index in [2.05, 4.69) is 10.3 Å². The molecule has 1 rings (SSSR count). The molecule has 1 aliphatic rings. The van der Waals surface area contributed by atoms with Crippen molar-refractivity contribution < 1.29 is 24.6 Å². The van der Waals surface area contributed by atoms with E-state index in [0.29, 0.717) is 17.2 Å². The van der Waals surface area contributed by atoms with E-state index in [1.54, 1.807) is 0 Å². The van der Waals surface area contributed by atoms with Gasteiger partial charge in [0, 0.05) is 5.75 Å². The summed E-state index contributed by atoms with van der Waals surface area (Å²) in [6.45, 7) is -0.436. The van der Waals surface area contributed by atoms with E-state index in [1.807, 2.05) is 0 Å². The van der Waals surface area contributed by atoms with Crippen molar-refractivity contribution >= 4 is 59.5 Å². The molecule has 5 N–H and O–H groups in total. The van der Waals surface area contributed by atoms with E-state index in [9.17, 15) is 14.4 Å². The van der Waals surface area contributed by atoms with Gasteiger partial charge in [-0.3, -0.25) is 19.4 Å². The molecule has 0 saturated heterocycles. The highest BCUT2D eigenvalue weighted by atomic mass is 35.5. The Kier molecular flexibility index (Phi) is 11.3. The first-order valence-electron chi connectivity index (χ1n) is 5.57. The molecule has 8 nitrogen and oxygen atoms in total. The Morgan fingerprint density at radius 2 is 2.00 bits per heavy atom. The summed E-state index contributed by atoms with van der Waals surface area (Å²) in [6, 6.07) is -1.55. The third-order valence-corrected chi connectivity index (χ3v) is 3.54. The summed E-state index contributed by atoms with van der Waals surface area (Å²) in [5, 5.41) is 20.0. The fraction of sp³-hybridized carbons (Fsp3) is 0.600. The molecule has 0 radical (unpaired) electrons. The summed E-state index contributed by atoms with van der Waals surface area (Å²) in [7, 11) is 0. The molecule has 0 bridgehead atoms. The number of carboxylic acids is 2. The molecule has 0 saturated carbocycles. The van der Waals surface area contributed by atoms with Crippen LogP contribution >= 0.6 is 36.6 Å². The largest absolute Gasteiger partial charge is 0.480 e. The highest BCUT2D eigenvalue weighted by Gasteiger charge is 2.25. The van der Waals surface area contributed by atoms with Crippen LogP contribution in [0.5, 0.6) is 0 Å². The molecule has 0 aromatic carbocycles. The Balaban J connectivity index is 0. The summed E-state index contributed by atoms with van der Waals surface area (Å²) in [5.74, 6) is -2.19. The van der Waals surface area contributed by atoms with Gasteiger partial charge in [0.2, 0.25) is 5.91 Å². The number of carbonyl (C=O) groups excluding carboxylic acids is 1. The number of aliphatic imine (C=N–C) groups is 1. The summed E-state index contributed by atoms with van der Waals surface area (Å²) < 4.78 is 0. The number of hydrogen-bond donors (Lipinski definition) is 4. The van der Waals surface area contributed by atoms with Crippen LogP contribution in [-0.4, -0.2) is 57.5 Å². The Hall–Kier alpha value is -1.03. The zero-order chi connectivity index (χ0) is 14.4. The van der Waals surface area contributed by atoms with Crippen LogP contribution in [0, 0.1) is 0 Å². The minimum Gasteiger partial charge on any atom is -0.480 e. The number of halogens is 2. The van der Waals surface area contributed by atoms with Crippen molar-refractivity contribution in [1.29, 1.82) is 0 Å². The molecule has 11 heteroatoms. The van der Waals surface area contributed by atoms with Crippen molar-refractivity contribution in [3.8, 4) is 0 Å². The van der Waals surface area contributed by atoms with Crippen LogP contribution in [0.1, 0.15) is 12.8 Å². The van der Waals surface area contributed by atoms with Gasteiger partial charge in [-0.2, -0.15) is 0 Å². The molecule has 21 heavy (non-hydrogen) atoms. The summed E-state index contributed by atoms with van der Waals surface area (Å²) in [6.07, 6.45) is 0.658. The quantitative estimate of drug-likeness (QED) is 0.489. The van der Waals surface area contributed by atoms with Gasteiger partial charge in [-0.15, -0.1) is 36.6 Å². The number of aliphatic carboxylic acids is 2. The minimum absolute atomic E-state index is 0. The molecule has 1 amide bonds. The lowest BCUT2D eigenvalue weighted by Crippen LogP contribution is -2.37. The fourth-order valence-electron chi connectivity index (χ4n) is 1.38. The van der Waals surface area contributed by atoms with Gasteiger partial charge in [-0.05, 0) is 12.8 Å². The molecule has 0 fully saturated rings. The maximum absolute atomic E-state index is 11.5.